The normalized spacial score (nSPS) is 11.8. The molecule has 16 aromatic rings. The lowest BCUT2D eigenvalue weighted by molar-refractivity contribution is 1.41. The summed E-state index contributed by atoms with van der Waals surface area (Å²) in [5.74, 6) is 0. The van der Waals surface area contributed by atoms with Crippen molar-refractivity contribution in [2.24, 2.45) is 0 Å². The molecule has 85 heavy (non-hydrogen) atoms. The van der Waals surface area contributed by atoms with Crippen LogP contribution in [0, 0.1) is 0 Å². The molecule has 0 atom stereocenters. The number of benzene rings is 15. The predicted octanol–water partition coefficient (Wildman–Crippen LogP) is 24.9. The van der Waals surface area contributed by atoms with Crippen LogP contribution < -0.4 is 0 Å². The molecule has 16 rings (SSSR count). The van der Waals surface area contributed by atoms with E-state index in [0.29, 0.717) is 0 Å². The van der Waals surface area contributed by atoms with Gasteiger partial charge in [-0.05, 0) is 261 Å². The first-order valence-electron chi connectivity index (χ1n) is 28.6. The molecule has 0 unspecified atom stereocenters. The van der Waals surface area contributed by atoms with E-state index in [-0.39, 0.29) is 0 Å². The van der Waals surface area contributed by atoms with Crippen molar-refractivity contribution in [3.8, 4) is 55.6 Å². The molecule has 0 saturated carbocycles. The van der Waals surface area contributed by atoms with Gasteiger partial charge in [0.15, 0.2) is 0 Å². The summed E-state index contributed by atoms with van der Waals surface area (Å²) in [5, 5.41) is 13.0. The van der Waals surface area contributed by atoms with Crippen molar-refractivity contribution in [1.29, 1.82) is 0 Å². The van der Waals surface area contributed by atoms with Crippen molar-refractivity contribution in [3.63, 3.8) is 0 Å². The van der Waals surface area contributed by atoms with Gasteiger partial charge in [-0.3, -0.25) is 0 Å². The fraction of sp³-hybridized carbons (Fsp3) is 0. The van der Waals surface area contributed by atoms with Crippen LogP contribution in [0.2, 0.25) is 0 Å². The maximum absolute atomic E-state index is 2.54. The minimum atomic E-state index is 1.20. The van der Waals surface area contributed by atoms with Gasteiger partial charge in [0.2, 0.25) is 0 Å². The molecule has 0 bridgehead atoms. The monoisotopic (exact) mass is 1170 g/mol. The highest BCUT2D eigenvalue weighted by Crippen LogP contribution is 2.58. The molecule has 0 aliphatic carbocycles. The summed E-state index contributed by atoms with van der Waals surface area (Å²) in [4.78, 5) is 12.2. The van der Waals surface area contributed by atoms with E-state index in [9.17, 15) is 0 Å². The molecular weight excluding hydrogens is 1120 g/mol. The quantitative estimate of drug-likeness (QED) is 0.0936. The molecule has 0 amide bonds. The Bertz CT molecular complexity index is 4210. The second kappa shape index (κ2) is 22.4. The predicted molar refractivity (Wildman–Crippen MR) is 368 cm³/mol. The third kappa shape index (κ3) is 10.00. The lowest BCUT2D eigenvalue weighted by Crippen LogP contribution is -1.90. The van der Waals surface area contributed by atoms with Gasteiger partial charge < -0.3 is 0 Å². The molecule has 0 N–H and O–H groups in total. The van der Waals surface area contributed by atoms with Crippen LogP contribution in [0.25, 0.3) is 109 Å². The first-order valence-corrected chi connectivity index (χ1v) is 32.7. The second-order valence-corrected chi connectivity index (χ2v) is 27.2. The molecule has 0 fully saturated rings. The largest absolute Gasteiger partial charge is 0.0901 e. The fourth-order valence-corrected chi connectivity index (χ4v) is 16.5. The Morgan fingerprint density at radius 1 is 0.141 bits per heavy atom. The van der Waals surface area contributed by atoms with E-state index >= 15 is 0 Å². The molecule has 0 heterocycles. The highest BCUT2D eigenvalue weighted by Gasteiger charge is 2.29. The van der Waals surface area contributed by atoms with Crippen molar-refractivity contribution in [2.45, 2.75) is 49.0 Å². The number of rotatable bonds is 15. The van der Waals surface area contributed by atoms with E-state index < -0.39 is 0 Å². The summed E-state index contributed by atoms with van der Waals surface area (Å²) < 4.78 is 0. The molecule has 0 aliphatic heterocycles. The van der Waals surface area contributed by atoms with Crippen molar-refractivity contribution in [3.05, 3.63) is 303 Å². The Hall–Kier alpha value is -8.65. The second-order valence-electron chi connectivity index (χ2n) is 21.4. The molecule has 0 nitrogen and oxygen atoms in total. The lowest BCUT2D eigenvalue weighted by atomic mass is 9.86. The zero-order chi connectivity index (χ0) is 56.2. The Labute approximate surface area is 516 Å². The average Bonchev–Trinajstić information content (AvgIpc) is 1.61. The Morgan fingerprint density at radius 3 is 0.435 bits per heavy atom. The van der Waals surface area contributed by atoms with Crippen LogP contribution in [-0.2, 0) is 0 Å². The third-order valence-corrected chi connectivity index (χ3v) is 21.3. The van der Waals surface area contributed by atoms with Gasteiger partial charge in [-0.15, -0.1) is 0 Å². The van der Waals surface area contributed by atoms with Crippen LogP contribution >= 0.6 is 58.8 Å². The molecule has 0 spiro atoms. The van der Waals surface area contributed by atoms with E-state index in [0.717, 1.165) is 0 Å². The van der Waals surface area contributed by atoms with Crippen molar-refractivity contribution in [1.82, 2.24) is 0 Å². The van der Waals surface area contributed by atoms with E-state index in [1.807, 2.05) is 0 Å². The van der Waals surface area contributed by atoms with Crippen LogP contribution in [0.4, 0.5) is 0 Å². The van der Waals surface area contributed by atoms with Crippen LogP contribution in [0.5, 0.6) is 0 Å². The van der Waals surface area contributed by atoms with Crippen molar-refractivity contribution in [2.75, 3.05) is 0 Å². The standard InChI is InChI=1S/C80H50S5/c1-6-16-56(17-7-1)81-61-36-26-51(27-37-61)66-46-72-68(53-30-40-63(41-31-53)83-58-20-10-3-11-21-58)48-74-70(55-34-44-65(45-35-55)85-60-24-14-5-15-25-60)50-75-69(54-32-42-64(43-33-54)84-59-22-12-4-13-23-59)49-73-67(47-71(66)76-77(72)79(74)80(75)78(73)76)52-28-38-62(39-29-52)82-57-18-8-2-9-19-57/h1-50H. The fourth-order valence-electron chi connectivity index (χ4n) is 12.3. The molecule has 400 valence electrons. The van der Waals surface area contributed by atoms with Gasteiger partial charge in [0.25, 0.3) is 0 Å². The van der Waals surface area contributed by atoms with E-state index in [1.54, 1.807) is 58.8 Å². The molecule has 5 heteroatoms. The van der Waals surface area contributed by atoms with Crippen molar-refractivity contribution >= 4 is 113 Å². The zero-order valence-electron chi connectivity index (χ0n) is 45.9. The minimum Gasteiger partial charge on any atom is -0.0901 e. The highest BCUT2D eigenvalue weighted by molar-refractivity contribution is 8.00. The molecular formula is C80H50S5. The van der Waals surface area contributed by atoms with Crippen molar-refractivity contribution < 1.29 is 0 Å². The average molecular weight is 1170 g/mol. The van der Waals surface area contributed by atoms with E-state index in [1.165, 1.54) is 158 Å². The third-order valence-electron chi connectivity index (χ3n) is 16.2. The number of hydrogen-bond donors (Lipinski definition) is 0. The van der Waals surface area contributed by atoms with Gasteiger partial charge in [0.05, 0.1) is 0 Å². The van der Waals surface area contributed by atoms with Crippen LogP contribution in [0.1, 0.15) is 0 Å². The van der Waals surface area contributed by atoms with E-state index in [4.69, 9.17) is 0 Å². The Kier molecular flexibility index (Phi) is 13.7. The first kappa shape index (κ1) is 51.9. The summed E-state index contributed by atoms with van der Waals surface area (Å²) in [5.41, 5.74) is 12.2. The maximum atomic E-state index is 2.54. The smallest absolute Gasteiger partial charge is 0.0122 e. The SMILES string of the molecule is c1ccc(Sc2ccc(-c3cc4c(-c5ccc(Sc6ccccc6)cc5)cc5c(-c6ccc(Sc7ccccc7)cc6)cc6c(-c7ccc(Sc8ccccc8)cc7)cc7c(-c8ccc(Sc9ccccc9)cc8)cc3c3c7c6c5c43)cc2)cc1. The molecule has 0 aliphatic rings. The number of hydrogen-bond acceptors (Lipinski definition) is 5. The van der Waals surface area contributed by atoms with Gasteiger partial charge in [-0.1, -0.05) is 210 Å². The minimum absolute atomic E-state index is 1.20. The molecule has 0 aromatic heterocycles. The zero-order valence-corrected chi connectivity index (χ0v) is 50.0. The van der Waals surface area contributed by atoms with Crippen LogP contribution in [0.15, 0.2) is 352 Å². The molecule has 16 aromatic carbocycles. The summed E-state index contributed by atoms with van der Waals surface area (Å²) in [6.45, 7) is 0. The maximum Gasteiger partial charge on any atom is 0.0122 e. The summed E-state index contributed by atoms with van der Waals surface area (Å²) >= 11 is 9.03. The first-order chi connectivity index (χ1) is 42.1. The Balaban J connectivity index is 0.975. The van der Waals surface area contributed by atoms with Crippen LogP contribution in [-0.4, -0.2) is 0 Å². The van der Waals surface area contributed by atoms with Gasteiger partial charge in [-0.2, -0.15) is 0 Å². The summed E-state index contributed by atoms with van der Waals surface area (Å²) in [6, 6.07) is 113. The van der Waals surface area contributed by atoms with Gasteiger partial charge in [-0.25, -0.2) is 0 Å². The summed E-state index contributed by atoms with van der Waals surface area (Å²) in [6.07, 6.45) is 0. The highest BCUT2D eigenvalue weighted by atomic mass is 32.2. The molecule has 0 saturated heterocycles. The van der Waals surface area contributed by atoms with E-state index in [2.05, 4.69) is 303 Å². The van der Waals surface area contributed by atoms with Crippen LogP contribution in [0.3, 0.4) is 0 Å². The van der Waals surface area contributed by atoms with Gasteiger partial charge in [0, 0.05) is 49.0 Å². The Morgan fingerprint density at radius 2 is 0.282 bits per heavy atom. The molecule has 0 radical (unpaired) electrons. The topological polar surface area (TPSA) is 0 Å². The lowest BCUT2D eigenvalue weighted by Gasteiger charge is -2.18. The van der Waals surface area contributed by atoms with Gasteiger partial charge >= 0.3 is 0 Å². The summed E-state index contributed by atoms with van der Waals surface area (Å²) in [7, 11) is 0. The van der Waals surface area contributed by atoms with Gasteiger partial charge in [0.1, 0.15) is 0 Å².